The molecule has 2 aromatic heterocycles. The molecule has 0 radical (unpaired) electrons. The maximum Gasteiger partial charge on any atom is 0.129 e. The van der Waals surface area contributed by atoms with Crippen LogP contribution in [0, 0.1) is 6.92 Å². The third-order valence-electron chi connectivity index (χ3n) is 2.78. The molecule has 2 N–H and O–H groups in total. The van der Waals surface area contributed by atoms with Crippen LogP contribution in [0.1, 0.15) is 16.8 Å². The number of rotatable bonds is 4. The van der Waals surface area contributed by atoms with Gasteiger partial charge in [0.05, 0.1) is 0 Å². The molecule has 2 rings (SSSR count). The largest absolute Gasteiger partial charge is 0.389 e. The second-order valence-corrected chi connectivity index (χ2v) is 4.87. The molecule has 0 aromatic carbocycles. The smallest absolute Gasteiger partial charge is 0.129 e. The van der Waals surface area contributed by atoms with E-state index in [2.05, 4.69) is 14.9 Å². The van der Waals surface area contributed by atoms with Gasteiger partial charge in [0, 0.05) is 37.2 Å². The molecule has 19 heavy (non-hydrogen) atoms. The van der Waals surface area contributed by atoms with Gasteiger partial charge in [-0.15, -0.1) is 0 Å². The Labute approximate surface area is 118 Å². The Morgan fingerprint density at radius 2 is 2.00 bits per heavy atom. The Bertz CT molecular complexity index is 583. The van der Waals surface area contributed by atoms with Crippen molar-refractivity contribution in [3.63, 3.8) is 0 Å². The van der Waals surface area contributed by atoms with Gasteiger partial charge >= 0.3 is 0 Å². The highest BCUT2D eigenvalue weighted by atomic mass is 32.1. The van der Waals surface area contributed by atoms with Gasteiger partial charge in [0.2, 0.25) is 0 Å². The van der Waals surface area contributed by atoms with Crippen molar-refractivity contribution in [2.24, 2.45) is 5.73 Å². The molecule has 2 heterocycles. The maximum atomic E-state index is 5.68. The van der Waals surface area contributed by atoms with E-state index in [4.69, 9.17) is 18.0 Å². The van der Waals surface area contributed by atoms with E-state index < -0.39 is 0 Å². The van der Waals surface area contributed by atoms with Gasteiger partial charge in [0.15, 0.2) is 0 Å². The van der Waals surface area contributed by atoms with E-state index in [1.165, 1.54) is 5.56 Å². The molecule has 0 amide bonds. The normalized spacial score (nSPS) is 10.2. The van der Waals surface area contributed by atoms with E-state index in [-0.39, 0.29) is 0 Å². The van der Waals surface area contributed by atoms with Crippen molar-refractivity contribution in [1.82, 2.24) is 9.97 Å². The van der Waals surface area contributed by atoms with Crippen molar-refractivity contribution >= 4 is 23.0 Å². The summed E-state index contributed by atoms with van der Waals surface area (Å²) in [4.78, 5) is 11.0. The first kappa shape index (κ1) is 13.4. The van der Waals surface area contributed by atoms with Crippen molar-refractivity contribution in [2.75, 3.05) is 11.9 Å². The van der Waals surface area contributed by atoms with E-state index in [0.717, 1.165) is 23.6 Å². The molecule has 5 heteroatoms. The predicted octanol–water partition coefficient (Wildman–Crippen LogP) is 2.06. The lowest BCUT2D eigenvalue weighted by Gasteiger charge is -2.19. The lowest BCUT2D eigenvalue weighted by molar-refractivity contribution is 0.889. The fourth-order valence-corrected chi connectivity index (χ4v) is 1.95. The number of hydrogen-bond donors (Lipinski definition) is 1. The summed E-state index contributed by atoms with van der Waals surface area (Å²) in [6, 6.07) is 7.78. The van der Waals surface area contributed by atoms with Crippen molar-refractivity contribution in [2.45, 2.75) is 13.5 Å². The maximum absolute atomic E-state index is 5.68. The standard InChI is InChI=1S/C14H16N4S/c1-10-7-12(14(15)19)8-13(17-10)18(2)9-11-3-5-16-6-4-11/h3-8H,9H2,1-2H3,(H2,15,19). The molecule has 0 atom stereocenters. The van der Waals surface area contributed by atoms with Gasteiger partial charge in [-0.1, -0.05) is 12.2 Å². The molecular formula is C14H16N4S. The zero-order chi connectivity index (χ0) is 13.8. The molecule has 0 saturated heterocycles. The first-order valence-electron chi connectivity index (χ1n) is 5.95. The summed E-state index contributed by atoms with van der Waals surface area (Å²) in [6.07, 6.45) is 3.57. The highest BCUT2D eigenvalue weighted by Crippen LogP contribution is 2.16. The summed E-state index contributed by atoms with van der Waals surface area (Å²) in [5, 5.41) is 0. The summed E-state index contributed by atoms with van der Waals surface area (Å²) < 4.78 is 0. The SMILES string of the molecule is Cc1cc(C(N)=S)cc(N(C)Cc2ccncc2)n1. The summed E-state index contributed by atoms with van der Waals surface area (Å²) in [5.74, 6) is 0.861. The van der Waals surface area contributed by atoms with Crippen LogP contribution in [0.3, 0.4) is 0 Å². The van der Waals surface area contributed by atoms with Crippen LogP contribution >= 0.6 is 12.2 Å². The van der Waals surface area contributed by atoms with E-state index in [0.29, 0.717) is 4.99 Å². The minimum absolute atomic E-state index is 0.393. The fraction of sp³-hybridized carbons (Fsp3) is 0.214. The van der Waals surface area contributed by atoms with Crippen molar-refractivity contribution < 1.29 is 0 Å². The van der Waals surface area contributed by atoms with Gasteiger partial charge in [0.25, 0.3) is 0 Å². The molecule has 2 aromatic rings. The van der Waals surface area contributed by atoms with Gasteiger partial charge in [-0.25, -0.2) is 4.98 Å². The molecule has 4 nitrogen and oxygen atoms in total. The second kappa shape index (κ2) is 5.75. The van der Waals surface area contributed by atoms with E-state index >= 15 is 0 Å². The van der Waals surface area contributed by atoms with Crippen LogP contribution in [0.5, 0.6) is 0 Å². The monoisotopic (exact) mass is 272 g/mol. The van der Waals surface area contributed by atoms with E-state index in [9.17, 15) is 0 Å². The van der Waals surface area contributed by atoms with Gasteiger partial charge in [0.1, 0.15) is 10.8 Å². The van der Waals surface area contributed by atoms with Gasteiger partial charge in [-0.05, 0) is 36.8 Å². The van der Waals surface area contributed by atoms with E-state index in [1.54, 1.807) is 12.4 Å². The molecule has 0 fully saturated rings. The molecule has 0 spiro atoms. The molecule has 0 unspecified atom stereocenters. The van der Waals surface area contributed by atoms with Crippen LogP contribution in [0.2, 0.25) is 0 Å². The van der Waals surface area contributed by atoms with Crippen LogP contribution in [-0.2, 0) is 6.54 Å². The fourth-order valence-electron chi connectivity index (χ4n) is 1.83. The molecular weight excluding hydrogens is 256 g/mol. The number of pyridine rings is 2. The third-order valence-corrected chi connectivity index (χ3v) is 3.02. The average molecular weight is 272 g/mol. The zero-order valence-corrected chi connectivity index (χ0v) is 11.8. The Balaban J connectivity index is 2.24. The quantitative estimate of drug-likeness (QED) is 0.863. The summed E-state index contributed by atoms with van der Waals surface area (Å²) >= 11 is 5.02. The Kier molecular flexibility index (Phi) is 4.06. The Morgan fingerprint density at radius 3 is 2.63 bits per heavy atom. The number of hydrogen-bond acceptors (Lipinski definition) is 4. The van der Waals surface area contributed by atoms with Crippen LogP contribution < -0.4 is 10.6 Å². The number of nitrogens with two attached hydrogens (primary N) is 1. The minimum atomic E-state index is 0.393. The van der Waals surface area contributed by atoms with Gasteiger partial charge < -0.3 is 10.6 Å². The minimum Gasteiger partial charge on any atom is -0.389 e. The third kappa shape index (κ3) is 3.48. The molecule has 0 aliphatic rings. The number of thiocarbonyl (C=S) groups is 1. The van der Waals surface area contributed by atoms with Crippen molar-refractivity contribution in [3.05, 3.63) is 53.5 Å². The first-order valence-corrected chi connectivity index (χ1v) is 6.35. The second-order valence-electron chi connectivity index (χ2n) is 4.43. The Hall–Kier alpha value is -2.01. The molecule has 0 saturated carbocycles. The van der Waals surface area contributed by atoms with Gasteiger partial charge in [-0.2, -0.15) is 0 Å². The average Bonchev–Trinajstić information content (AvgIpc) is 2.39. The number of nitrogens with zero attached hydrogens (tertiary/aromatic N) is 3. The molecule has 0 aliphatic heterocycles. The highest BCUT2D eigenvalue weighted by molar-refractivity contribution is 7.80. The highest BCUT2D eigenvalue weighted by Gasteiger charge is 2.07. The van der Waals surface area contributed by atoms with Crippen molar-refractivity contribution in [3.8, 4) is 0 Å². The summed E-state index contributed by atoms with van der Waals surface area (Å²) in [6.45, 7) is 2.70. The molecule has 0 bridgehead atoms. The van der Waals surface area contributed by atoms with Crippen LogP contribution in [0.4, 0.5) is 5.82 Å². The summed E-state index contributed by atoms with van der Waals surface area (Å²) in [5.41, 5.74) is 8.61. The zero-order valence-electron chi connectivity index (χ0n) is 11.0. The molecule has 98 valence electrons. The van der Waals surface area contributed by atoms with Crippen LogP contribution in [0.15, 0.2) is 36.7 Å². The molecule has 0 aliphatic carbocycles. The predicted molar refractivity (Wildman–Crippen MR) is 81.2 cm³/mol. The lowest BCUT2D eigenvalue weighted by Crippen LogP contribution is -2.19. The number of aryl methyl sites for hydroxylation is 1. The van der Waals surface area contributed by atoms with E-state index in [1.807, 2.05) is 38.2 Å². The van der Waals surface area contributed by atoms with Crippen LogP contribution in [0.25, 0.3) is 0 Å². The van der Waals surface area contributed by atoms with Crippen molar-refractivity contribution in [1.29, 1.82) is 0 Å². The Morgan fingerprint density at radius 1 is 1.32 bits per heavy atom. The lowest BCUT2D eigenvalue weighted by atomic mass is 10.2. The number of anilines is 1. The summed E-state index contributed by atoms with van der Waals surface area (Å²) in [7, 11) is 1.99. The number of aromatic nitrogens is 2. The topological polar surface area (TPSA) is 55.0 Å². The van der Waals surface area contributed by atoms with Crippen LogP contribution in [-0.4, -0.2) is 22.0 Å². The first-order chi connectivity index (χ1) is 9.06. The van der Waals surface area contributed by atoms with Gasteiger partial charge in [-0.3, -0.25) is 4.98 Å².